The number of thiophene rings is 1. The van der Waals surface area contributed by atoms with E-state index < -0.39 is 0 Å². The molecule has 5 rings (SSSR count). The van der Waals surface area contributed by atoms with Crippen molar-refractivity contribution < 1.29 is 0 Å². The molecule has 3 aliphatic rings. The van der Waals surface area contributed by atoms with E-state index in [2.05, 4.69) is 52.5 Å². The fourth-order valence-corrected chi connectivity index (χ4v) is 5.10. The highest BCUT2D eigenvalue weighted by atomic mass is 32.1. The molecule has 1 unspecified atom stereocenters. The van der Waals surface area contributed by atoms with Gasteiger partial charge in [-0.2, -0.15) is 0 Å². The smallest absolute Gasteiger partial charge is 0.126 e. The van der Waals surface area contributed by atoms with Crippen molar-refractivity contribution in [3.8, 4) is 10.6 Å². The van der Waals surface area contributed by atoms with Crippen molar-refractivity contribution in [3.05, 3.63) is 35.1 Å². The van der Waals surface area contributed by atoms with Crippen LogP contribution >= 0.6 is 11.3 Å². The zero-order valence-corrected chi connectivity index (χ0v) is 15.6. The summed E-state index contributed by atoms with van der Waals surface area (Å²) in [5.74, 6) is 2.24. The molecule has 5 heterocycles. The molecule has 0 spiro atoms. The van der Waals surface area contributed by atoms with E-state index in [9.17, 15) is 0 Å². The SMILES string of the molecule is Cc1nc(-c2cccs2)cc([C@H]2CN3CC[C@H]2C[C@@H]3CN(C)C)n1. The van der Waals surface area contributed by atoms with Crippen LogP contribution in [0.5, 0.6) is 0 Å². The van der Waals surface area contributed by atoms with Gasteiger partial charge in [0.15, 0.2) is 0 Å². The molecule has 4 nitrogen and oxygen atoms in total. The number of nitrogens with zero attached hydrogens (tertiary/aromatic N) is 4. The highest BCUT2D eigenvalue weighted by Crippen LogP contribution is 2.42. The van der Waals surface area contributed by atoms with Crippen molar-refractivity contribution in [2.24, 2.45) is 5.92 Å². The Balaban J connectivity index is 1.59. The lowest BCUT2D eigenvalue weighted by atomic mass is 9.74. The molecule has 0 radical (unpaired) electrons. The number of likely N-dealkylation sites (N-methyl/N-ethyl adjacent to an activating group) is 1. The number of fused-ring (bicyclic) bond motifs is 3. The van der Waals surface area contributed by atoms with Crippen molar-refractivity contribution in [1.82, 2.24) is 19.8 Å². The maximum atomic E-state index is 4.83. The van der Waals surface area contributed by atoms with Gasteiger partial charge in [-0.05, 0) is 63.8 Å². The molecule has 4 atom stereocenters. The van der Waals surface area contributed by atoms with Crippen LogP contribution in [0.1, 0.15) is 30.3 Å². The zero-order chi connectivity index (χ0) is 16.7. The number of rotatable bonds is 4. The average molecular weight is 343 g/mol. The van der Waals surface area contributed by atoms with Crippen LogP contribution in [0.2, 0.25) is 0 Å². The van der Waals surface area contributed by atoms with E-state index in [0.717, 1.165) is 30.0 Å². The molecular formula is C19H26N4S. The minimum absolute atomic E-state index is 0.567. The maximum absolute atomic E-state index is 4.83. The predicted octanol–water partition coefficient (Wildman–Crippen LogP) is 3.25. The first-order valence-corrected chi connectivity index (χ1v) is 9.76. The molecule has 2 bridgehead atoms. The van der Waals surface area contributed by atoms with E-state index in [0.29, 0.717) is 5.92 Å². The fourth-order valence-electron chi connectivity index (χ4n) is 4.42. The second kappa shape index (κ2) is 6.54. The molecule has 3 fully saturated rings. The number of piperidine rings is 3. The normalized spacial score (nSPS) is 29.3. The molecule has 3 aliphatic heterocycles. The van der Waals surface area contributed by atoms with Gasteiger partial charge in [0, 0.05) is 30.7 Å². The van der Waals surface area contributed by atoms with Gasteiger partial charge in [0.1, 0.15) is 5.82 Å². The lowest BCUT2D eigenvalue weighted by molar-refractivity contribution is 0.0177. The largest absolute Gasteiger partial charge is 0.308 e. The maximum Gasteiger partial charge on any atom is 0.126 e. The molecule has 0 amide bonds. The van der Waals surface area contributed by atoms with Gasteiger partial charge in [-0.15, -0.1) is 11.3 Å². The second-order valence-electron chi connectivity index (χ2n) is 7.50. The van der Waals surface area contributed by atoms with Crippen LogP contribution in [-0.4, -0.2) is 59.5 Å². The third-order valence-corrected chi connectivity index (χ3v) is 6.36. The highest BCUT2D eigenvalue weighted by Gasteiger charge is 2.41. The number of aryl methyl sites for hydroxylation is 1. The van der Waals surface area contributed by atoms with Gasteiger partial charge < -0.3 is 4.90 Å². The van der Waals surface area contributed by atoms with Gasteiger partial charge in [0.2, 0.25) is 0 Å². The fraction of sp³-hybridized carbons (Fsp3) is 0.579. The summed E-state index contributed by atoms with van der Waals surface area (Å²) in [4.78, 5) is 15.8. The molecular weight excluding hydrogens is 316 g/mol. The van der Waals surface area contributed by atoms with Crippen molar-refractivity contribution in [2.45, 2.75) is 31.7 Å². The molecule has 5 heteroatoms. The summed E-state index contributed by atoms with van der Waals surface area (Å²) in [5.41, 5.74) is 2.35. The first-order chi connectivity index (χ1) is 11.6. The van der Waals surface area contributed by atoms with Gasteiger partial charge in [-0.3, -0.25) is 4.90 Å². The Bertz CT molecular complexity index is 697. The molecule has 2 aromatic rings. The van der Waals surface area contributed by atoms with E-state index in [-0.39, 0.29) is 0 Å². The summed E-state index contributed by atoms with van der Waals surface area (Å²) in [7, 11) is 4.37. The Labute approximate surface area is 148 Å². The average Bonchev–Trinajstić information content (AvgIpc) is 3.09. The van der Waals surface area contributed by atoms with Gasteiger partial charge >= 0.3 is 0 Å². The third-order valence-electron chi connectivity index (χ3n) is 5.47. The zero-order valence-electron chi connectivity index (χ0n) is 14.8. The Kier molecular flexibility index (Phi) is 4.41. The van der Waals surface area contributed by atoms with Gasteiger partial charge in [-0.1, -0.05) is 6.07 Å². The summed E-state index contributed by atoms with van der Waals surface area (Å²) in [6, 6.07) is 7.21. The summed E-state index contributed by atoms with van der Waals surface area (Å²) < 4.78 is 0. The van der Waals surface area contributed by atoms with Crippen LogP contribution in [0.15, 0.2) is 23.6 Å². The third kappa shape index (κ3) is 3.13. The van der Waals surface area contributed by atoms with Crippen LogP contribution in [0.3, 0.4) is 0 Å². The standard InChI is InChI=1S/C19H26N4S/c1-13-20-17(10-18(21-13)19-5-4-8-24-19)16-12-23-7-6-14(16)9-15(23)11-22(2)3/h4-5,8,10,14-16H,6-7,9,11-12H2,1-3H3/t14-,15+,16-/m0/s1. The van der Waals surface area contributed by atoms with Crippen LogP contribution < -0.4 is 0 Å². The summed E-state index contributed by atoms with van der Waals surface area (Å²) in [5, 5.41) is 2.12. The molecule has 0 aliphatic carbocycles. The summed E-state index contributed by atoms with van der Waals surface area (Å²) >= 11 is 1.76. The Morgan fingerprint density at radius 2 is 2.21 bits per heavy atom. The Morgan fingerprint density at radius 1 is 1.33 bits per heavy atom. The highest BCUT2D eigenvalue weighted by molar-refractivity contribution is 7.13. The second-order valence-corrected chi connectivity index (χ2v) is 8.45. The van der Waals surface area contributed by atoms with Crippen molar-refractivity contribution >= 4 is 11.3 Å². The minimum Gasteiger partial charge on any atom is -0.308 e. The lowest BCUT2D eigenvalue weighted by Crippen LogP contribution is -2.55. The first-order valence-electron chi connectivity index (χ1n) is 8.88. The molecule has 2 aromatic heterocycles. The topological polar surface area (TPSA) is 32.3 Å². The number of hydrogen-bond acceptors (Lipinski definition) is 5. The molecule has 0 aromatic carbocycles. The van der Waals surface area contributed by atoms with E-state index in [1.807, 2.05) is 6.92 Å². The minimum atomic E-state index is 0.567. The van der Waals surface area contributed by atoms with Crippen LogP contribution in [0.4, 0.5) is 0 Å². The Hall–Kier alpha value is -1.30. The molecule has 0 N–H and O–H groups in total. The van der Waals surface area contributed by atoms with Gasteiger partial charge in [0.05, 0.1) is 10.6 Å². The number of hydrogen-bond donors (Lipinski definition) is 0. The van der Waals surface area contributed by atoms with Gasteiger partial charge in [0.25, 0.3) is 0 Å². The first kappa shape index (κ1) is 16.2. The summed E-state index contributed by atoms with van der Waals surface area (Å²) in [6.45, 7) is 5.61. The predicted molar refractivity (Wildman–Crippen MR) is 99.5 cm³/mol. The van der Waals surface area contributed by atoms with E-state index in [1.165, 1.54) is 36.5 Å². The molecule has 0 saturated carbocycles. The summed E-state index contributed by atoms with van der Waals surface area (Å²) in [6.07, 6.45) is 2.62. The van der Waals surface area contributed by atoms with Crippen LogP contribution in [-0.2, 0) is 0 Å². The quantitative estimate of drug-likeness (QED) is 0.854. The molecule has 128 valence electrons. The van der Waals surface area contributed by atoms with E-state index in [1.54, 1.807) is 11.3 Å². The molecule has 24 heavy (non-hydrogen) atoms. The monoisotopic (exact) mass is 342 g/mol. The molecule has 3 saturated heterocycles. The van der Waals surface area contributed by atoms with Crippen LogP contribution in [0, 0.1) is 12.8 Å². The van der Waals surface area contributed by atoms with Crippen molar-refractivity contribution in [1.29, 1.82) is 0 Å². The van der Waals surface area contributed by atoms with E-state index in [4.69, 9.17) is 4.98 Å². The van der Waals surface area contributed by atoms with Crippen LogP contribution in [0.25, 0.3) is 10.6 Å². The van der Waals surface area contributed by atoms with Gasteiger partial charge in [-0.25, -0.2) is 9.97 Å². The number of aromatic nitrogens is 2. The van der Waals surface area contributed by atoms with Crippen molar-refractivity contribution in [2.75, 3.05) is 33.7 Å². The van der Waals surface area contributed by atoms with Crippen molar-refractivity contribution in [3.63, 3.8) is 0 Å². The lowest BCUT2D eigenvalue weighted by Gasteiger charge is -2.50. The Morgan fingerprint density at radius 3 is 2.88 bits per heavy atom. The van der Waals surface area contributed by atoms with E-state index >= 15 is 0 Å².